The smallest absolute Gasteiger partial charge is 0.220 e. The summed E-state index contributed by atoms with van der Waals surface area (Å²) in [5.74, 6) is 2.56. The Hall–Kier alpha value is -4.93. The predicted molar refractivity (Wildman–Crippen MR) is 179 cm³/mol. The minimum Gasteiger partial charge on any atom is -0.493 e. The third kappa shape index (κ3) is 6.94. The van der Waals surface area contributed by atoms with Crippen molar-refractivity contribution in [3.8, 4) is 39.9 Å². The van der Waals surface area contributed by atoms with Gasteiger partial charge in [-0.1, -0.05) is 6.07 Å². The Morgan fingerprint density at radius 3 is 2.04 bits per heavy atom. The second kappa shape index (κ2) is 14.7. The lowest BCUT2D eigenvalue weighted by Crippen LogP contribution is -2.27. The third-order valence-electron chi connectivity index (χ3n) is 8.87. The van der Waals surface area contributed by atoms with E-state index < -0.39 is 6.04 Å². The number of amides is 2. The summed E-state index contributed by atoms with van der Waals surface area (Å²) >= 11 is 0. The summed E-state index contributed by atoms with van der Waals surface area (Å²) in [6.07, 6.45) is 3.68. The summed E-state index contributed by atoms with van der Waals surface area (Å²) in [5, 5.41) is 9.40. The number of methoxy groups -OCH3 is 5. The van der Waals surface area contributed by atoms with Gasteiger partial charge in [-0.25, -0.2) is 0 Å². The molecule has 47 heavy (non-hydrogen) atoms. The van der Waals surface area contributed by atoms with Gasteiger partial charge in [0.15, 0.2) is 23.0 Å². The van der Waals surface area contributed by atoms with Gasteiger partial charge in [0.2, 0.25) is 23.0 Å². The molecule has 3 N–H and O–H groups in total. The van der Waals surface area contributed by atoms with Crippen LogP contribution in [0, 0.1) is 0 Å². The zero-order valence-electron chi connectivity index (χ0n) is 27.8. The molecule has 0 radical (unpaired) electrons. The van der Waals surface area contributed by atoms with Gasteiger partial charge in [-0.05, 0) is 90.3 Å². The average molecular weight is 646 g/mol. The number of hydrogen-bond donors (Lipinski definition) is 3. The maximum absolute atomic E-state index is 13.5. The molecule has 0 saturated heterocycles. The van der Waals surface area contributed by atoms with Gasteiger partial charge in [0.1, 0.15) is 0 Å². The Morgan fingerprint density at radius 2 is 1.38 bits per heavy atom. The van der Waals surface area contributed by atoms with Crippen molar-refractivity contribution in [3.05, 3.63) is 68.9 Å². The molecule has 0 aromatic heterocycles. The quantitative estimate of drug-likeness (QED) is 0.236. The molecule has 11 heteroatoms. The van der Waals surface area contributed by atoms with E-state index in [-0.39, 0.29) is 23.3 Å². The van der Waals surface area contributed by atoms with Gasteiger partial charge in [0.05, 0.1) is 53.3 Å². The number of anilines is 1. The van der Waals surface area contributed by atoms with Gasteiger partial charge >= 0.3 is 0 Å². The molecule has 2 aliphatic carbocycles. The van der Waals surface area contributed by atoms with Gasteiger partial charge in [-0.2, -0.15) is 0 Å². The highest BCUT2D eigenvalue weighted by molar-refractivity contribution is 5.84. The first-order chi connectivity index (χ1) is 22.7. The van der Waals surface area contributed by atoms with Gasteiger partial charge in [0.25, 0.3) is 0 Å². The summed E-state index contributed by atoms with van der Waals surface area (Å²) in [7, 11) is 7.90. The number of ether oxygens (including phenoxy) is 5. The highest BCUT2D eigenvalue weighted by Gasteiger charge is 2.30. The number of nitrogens with one attached hydrogen (secondary N) is 3. The average Bonchev–Trinajstić information content (AvgIpc) is 3.29. The topological polar surface area (TPSA) is 133 Å². The number of carbonyl (C=O) groups excluding carboxylic acids is 2. The van der Waals surface area contributed by atoms with Crippen LogP contribution in [-0.2, 0) is 22.4 Å². The van der Waals surface area contributed by atoms with Crippen LogP contribution in [0.15, 0.2) is 41.2 Å². The van der Waals surface area contributed by atoms with E-state index in [0.29, 0.717) is 72.2 Å². The van der Waals surface area contributed by atoms with Crippen molar-refractivity contribution >= 4 is 17.5 Å². The molecule has 0 heterocycles. The molecule has 250 valence electrons. The van der Waals surface area contributed by atoms with E-state index in [2.05, 4.69) is 16.0 Å². The van der Waals surface area contributed by atoms with Crippen LogP contribution in [-0.4, -0.2) is 53.9 Å². The Bertz CT molecular complexity index is 1720. The fourth-order valence-electron chi connectivity index (χ4n) is 6.68. The number of carbonyl (C=O) groups is 2. The first-order valence-corrected chi connectivity index (χ1v) is 15.8. The highest BCUT2D eigenvalue weighted by atomic mass is 16.5. The lowest BCUT2D eigenvalue weighted by Gasteiger charge is -2.19. The Morgan fingerprint density at radius 1 is 0.745 bits per heavy atom. The van der Waals surface area contributed by atoms with Crippen LogP contribution in [0.5, 0.6) is 28.7 Å². The van der Waals surface area contributed by atoms with Crippen molar-refractivity contribution in [2.45, 2.75) is 57.5 Å². The zero-order chi connectivity index (χ0) is 33.7. The van der Waals surface area contributed by atoms with Crippen LogP contribution >= 0.6 is 0 Å². The van der Waals surface area contributed by atoms with E-state index in [1.807, 2.05) is 24.3 Å². The van der Waals surface area contributed by atoms with Crippen molar-refractivity contribution < 1.29 is 33.3 Å². The lowest BCUT2D eigenvalue weighted by molar-refractivity contribution is -0.122. The van der Waals surface area contributed by atoms with Crippen LogP contribution in [0.3, 0.4) is 0 Å². The Kier molecular flexibility index (Phi) is 10.4. The molecule has 0 unspecified atom stereocenters. The molecule has 3 aromatic rings. The number of rotatable bonds is 12. The molecule has 0 spiro atoms. The maximum atomic E-state index is 13.5. The molecule has 0 saturated carbocycles. The summed E-state index contributed by atoms with van der Waals surface area (Å²) in [4.78, 5) is 38.7. The minimum absolute atomic E-state index is 0.0571. The molecule has 3 aromatic carbocycles. The second-order valence-electron chi connectivity index (χ2n) is 11.7. The highest BCUT2D eigenvalue weighted by Crippen LogP contribution is 2.50. The fourth-order valence-corrected chi connectivity index (χ4v) is 6.68. The first kappa shape index (κ1) is 33.4. The van der Waals surface area contributed by atoms with Crippen molar-refractivity contribution in [2.75, 3.05) is 47.4 Å². The molecule has 0 fully saturated rings. The molecular weight excluding hydrogens is 602 g/mol. The molecule has 5 rings (SSSR count). The van der Waals surface area contributed by atoms with E-state index in [4.69, 9.17) is 23.7 Å². The van der Waals surface area contributed by atoms with Crippen LogP contribution in [0.2, 0.25) is 0 Å². The van der Waals surface area contributed by atoms with Crippen molar-refractivity contribution in [2.24, 2.45) is 0 Å². The fraction of sp³-hybridized carbons (Fsp3) is 0.417. The largest absolute Gasteiger partial charge is 0.493 e. The van der Waals surface area contributed by atoms with E-state index in [1.54, 1.807) is 47.7 Å². The number of hydrogen-bond acceptors (Lipinski definition) is 9. The molecular formula is C36H43N3O8. The standard InChI is InChI=1S/C36H43N3O8/c1-20(40)38-27-13-10-22-17-32(45-4)35(46-5)36(47-6)34(22)23-11-14-28(29(41)18-25(23)27)37-15-7-8-33(42)39-26-12-9-21-16-30(43-2)31(44-3)19-24(21)26/h11,14,16-19,26-27H,7-10,12-13,15H2,1-6H3,(H,37,41)(H,38,40)(H,39,42)/t26-,27+/m1/s1. The third-order valence-corrected chi connectivity index (χ3v) is 8.87. The normalized spacial score (nSPS) is 16.0. The molecule has 11 nitrogen and oxygen atoms in total. The minimum atomic E-state index is -0.394. The van der Waals surface area contributed by atoms with Crippen molar-refractivity contribution in [1.82, 2.24) is 10.6 Å². The van der Waals surface area contributed by atoms with E-state index in [0.717, 1.165) is 40.7 Å². The summed E-state index contributed by atoms with van der Waals surface area (Å²) in [6.45, 7) is 1.89. The zero-order valence-corrected chi connectivity index (χ0v) is 27.8. The Balaban J connectivity index is 1.34. The number of fused-ring (bicyclic) bond motifs is 4. The van der Waals surface area contributed by atoms with E-state index in [1.165, 1.54) is 6.92 Å². The Labute approximate surface area is 274 Å². The second-order valence-corrected chi connectivity index (χ2v) is 11.7. The molecule has 2 amide bonds. The van der Waals surface area contributed by atoms with Crippen molar-refractivity contribution in [1.29, 1.82) is 0 Å². The van der Waals surface area contributed by atoms with Crippen LogP contribution in [0.1, 0.15) is 66.9 Å². The van der Waals surface area contributed by atoms with Gasteiger partial charge < -0.3 is 39.6 Å². The summed E-state index contributed by atoms with van der Waals surface area (Å²) in [6, 6.07) is 10.6. The SMILES string of the molecule is COc1cc2c(cc1OC)[C@H](NC(=O)CCCNc1ccc3c(cc1=O)[C@@H](NC(C)=O)CCc1cc(OC)c(OC)c(OC)c1-3)CC2. The van der Waals surface area contributed by atoms with Gasteiger partial charge in [0, 0.05) is 25.5 Å². The first-order valence-electron chi connectivity index (χ1n) is 15.8. The maximum Gasteiger partial charge on any atom is 0.220 e. The van der Waals surface area contributed by atoms with Crippen LogP contribution < -0.4 is 45.1 Å². The molecule has 2 aliphatic rings. The lowest BCUT2D eigenvalue weighted by atomic mass is 9.95. The molecule has 2 atom stereocenters. The molecule has 0 aliphatic heterocycles. The van der Waals surface area contributed by atoms with E-state index >= 15 is 0 Å². The van der Waals surface area contributed by atoms with Gasteiger partial charge in [-0.15, -0.1) is 0 Å². The van der Waals surface area contributed by atoms with E-state index in [9.17, 15) is 14.4 Å². The molecule has 0 bridgehead atoms. The van der Waals surface area contributed by atoms with Crippen LogP contribution in [0.25, 0.3) is 11.1 Å². The van der Waals surface area contributed by atoms with Gasteiger partial charge in [-0.3, -0.25) is 14.4 Å². The number of aryl methyl sites for hydroxylation is 2. The monoisotopic (exact) mass is 645 g/mol. The predicted octanol–water partition coefficient (Wildman–Crippen LogP) is 4.88. The summed E-state index contributed by atoms with van der Waals surface area (Å²) < 4.78 is 28.0. The number of benzene rings is 2. The van der Waals surface area contributed by atoms with Crippen molar-refractivity contribution in [3.63, 3.8) is 0 Å². The van der Waals surface area contributed by atoms with Crippen LogP contribution in [0.4, 0.5) is 5.69 Å². The summed E-state index contributed by atoms with van der Waals surface area (Å²) in [5.41, 5.74) is 5.55.